The van der Waals surface area contributed by atoms with Crippen LogP contribution in [-0.2, 0) is 5.41 Å². The molecular formula is C28H32N6S. The van der Waals surface area contributed by atoms with Crippen LogP contribution in [0.5, 0.6) is 0 Å². The van der Waals surface area contributed by atoms with Gasteiger partial charge in [-0.15, -0.1) is 11.3 Å². The predicted molar refractivity (Wildman–Crippen MR) is 144 cm³/mol. The SMILES string of the molecule is Cc1c(-c2csc(-c3ccccc3)n2)c(N2CC[C@H](N(C)C)C2)n2cc(C(C)(C)C)nc2c1C#N. The molecule has 1 atom stereocenters. The quantitative estimate of drug-likeness (QED) is 0.369. The molecular weight excluding hydrogens is 452 g/mol. The first-order valence-electron chi connectivity index (χ1n) is 12.1. The molecule has 0 amide bonds. The Bertz CT molecular complexity index is 1420. The topological polar surface area (TPSA) is 60.5 Å². The molecule has 1 saturated heterocycles. The van der Waals surface area contributed by atoms with Crippen LogP contribution >= 0.6 is 11.3 Å². The number of thiazole rings is 1. The highest BCUT2D eigenvalue weighted by molar-refractivity contribution is 7.13. The molecule has 0 aliphatic carbocycles. The summed E-state index contributed by atoms with van der Waals surface area (Å²) in [5.74, 6) is 1.09. The van der Waals surface area contributed by atoms with Gasteiger partial charge in [0.25, 0.3) is 0 Å². The maximum Gasteiger partial charge on any atom is 0.156 e. The molecule has 7 heteroatoms. The largest absolute Gasteiger partial charge is 0.355 e. The summed E-state index contributed by atoms with van der Waals surface area (Å²) in [7, 11) is 4.30. The minimum Gasteiger partial charge on any atom is -0.355 e. The van der Waals surface area contributed by atoms with E-state index in [2.05, 4.69) is 78.8 Å². The van der Waals surface area contributed by atoms with Gasteiger partial charge in [-0.2, -0.15) is 5.26 Å². The summed E-state index contributed by atoms with van der Waals surface area (Å²) >= 11 is 1.65. The average molecular weight is 485 g/mol. The van der Waals surface area contributed by atoms with Crippen molar-refractivity contribution in [3.63, 3.8) is 0 Å². The number of nitrogens with zero attached hydrogens (tertiary/aromatic N) is 6. The molecule has 1 aliphatic heterocycles. The molecule has 0 radical (unpaired) electrons. The van der Waals surface area contributed by atoms with Gasteiger partial charge in [0.05, 0.1) is 17.0 Å². The second kappa shape index (κ2) is 8.78. The van der Waals surface area contributed by atoms with Gasteiger partial charge in [0, 0.05) is 47.3 Å². The number of anilines is 1. The van der Waals surface area contributed by atoms with Crippen molar-refractivity contribution in [3.05, 3.63) is 58.7 Å². The maximum atomic E-state index is 10.2. The number of imidazole rings is 1. The molecule has 1 fully saturated rings. The lowest BCUT2D eigenvalue weighted by Gasteiger charge is -2.26. The summed E-state index contributed by atoms with van der Waals surface area (Å²) in [5.41, 5.74) is 6.22. The number of fused-ring (bicyclic) bond motifs is 1. The molecule has 1 aliphatic rings. The number of aromatic nitrogens is 3. The zero-order valence-corrected chi connectivity index (χ0v) is 22.1. The monoisotopic (exact) mass is 484 g/mol. The van der Waals surface area contributed by atoms with Crippen molar-refractivity contribution in [1.29, 1.82) is 5.26 Å². The summed E-state index contributed by atoms with van der Waals surface area (Å²) in [4.78, 5) is 14.8. The van der Waals surface area contributed by atoms with Gasteiger partial charge in [-0.1, -0.05) is 51.1 Å². The molecule has 5 rings (SSSR count). The van der Waals surface area contributed by atoms with Crippen molar-refractivity contribution in [3.8, 4) is 27.9 Å². The van der Waals surface area contributed by atoms with E-state index in [1.807, 2.05) is 25.1 Å². The van der Waals surface area contributed by atoms with Crippen LogP contribution in [-0.4, -0.2) is 52.5 Å². The third-order valence-electron chi connectivity index (χ3n) is 6.99. The number of nitriles is 1. The Morgan fingerprint density at radius 2 is 1.89 bits per heavy atom. The fraction of sp³-hybridized carbons (Fsp3) is 0.393. The average Bonchev–Trinajstić information content (AvgIpc) is 3.57. The molecule has 4 aromatic rings. The number of likely N-dealkylation sites (N-methyl/N-ethyl adjacent to an activating group) is 1. The van der Waals surface area contributed by atoms with Crippen LogP contribution in [0.15, 0.2) is 41.9 Å². The molecule has 6 nitrogen and oxygen atoms in total. The van der Waals surface area contributed by atoms with E-state index in [1.165, 1.54) is 0 Å². The highest BCUT2D eigenvalue weighted by Gasteiger charge is 2.32. The standard InChI is InChI=1S/C28H32N6S/c1-18-21(14-29)25-31-23(28(2,3)4)16-34(25)27(33-13-12-20(15-33)32(5)6)24(18)22-17-35-26(30-22)19-10-8-7-9-11-19/h7-11,16-17,20H,12-13,15H2,1-6H3/t20-/m0/s1. The van der Waals surface area contributed by atoms with Gasteiger partial charge in [-0.3, -0.25) is 4.40 Å². The maximum absolute atomic E-state index is 10.2. The number of hydrogen-bond donors (Lipinski definition) is 0. The third kappa shape index (κ3) is 4.11. The predicted octanol–water partition coefficient (Wildman–Crippen LogP) is 5.74. The van der Waals surface area contributed by atoms with Crippen molar-refractivity contribution in [1.82, 2.24) is 19.3 Å². The molecule has 3 aromatic heterocycles. The molecule has 0 unspecified atom stereocenters. The summed E-state index contributed by atoms with van der Waals surface area (Å²) < 4.78 is 2.15. The van der Waals surface area contributed by atoms with Crippen molar-refractivity contribution in [2.24, 2.45) is 0 Å². The van der Waals surface area contributed by atoms with Gasteiger partial charge in [0.1, 0.15) is 16.9 Å². The Balaban J connectivity index is 1.77. The van der Waals surface area contributed by atoms with Crippen molar-refractivity contribution in [2.45, 2.75) is 45.6 Å². The molecule has 1 aromatic carbocycles. The van der Waals surface area contributed by atoms with E-state index in [4.69, 9.17) is 9.97 Å². The number of pyridine rings is 1. The van der Waals surface area contributed by atoms with Crippen LogP contribution in [0, 0.1) is 18.3 Å². The van der Waals surface area contributed by atoms with E-state index in [-0.39, 0.29) is 5.41 Å². The van der Waals surface area contributed by atoms with Crippen LogP contribution in [0.3, 0.4) is 0 Å². The van der Waals surface area contributed by atoms with E-state index in [0.29, 0.717) is 11.6 Å². The van der Waals surface area contributed by atoms with Gasteiger partial charge in [-0.05, 0) is 33.0 Å². The first kappa shape index (κ1) is 23.5. The Morgan fingerprint density at radius 3 is 2.51 bits per heavy atom. The van der Waals surface area contributed by atoms with Crippen LogP contribution in [0.1, 0.15) is 44.0 Å². The number of rotatable bonds is 4. The summed E-state index contributed by atoms with van der Waals surface area (Å²) in [6.45, 7) is 10.4. The zero-order chi connectivity index (χ0) is 24.9. The molecule has 35 heavy (non-hydrogen) atoms. The first-order chi connectivity index (χ1) is 16.7. The molecule has 4 heterocycles. The van der Waals surface area contributed by atoms with E-state index < -0.39 is 0 Å². The molecule has 180 valence electrons. The number of hydrogen-bond acceptors (Lipinski definition) is 6. The molecule has 0 N–H and O–H groups in total. The summed E-state index contributed by atoms with van der Waals surface area (Å²) in [6, 6.07) is 13.2. The van der Waals surface area contributed by atoms with Crippen LogP contribution in [0.2, 0.25) is 0 Å². The summed E-state index contributed by atoms with van der Waals surface area (Å²) in [6.07, 6.45) is 3.22. The second-order valence-electron chi connectivity index (χ2n) is 10.6. The normalized spacial score (nSPS) is 16.4. The minimum absolute atomic E-state index is 0.123. The van der Waals surface area contributed by atoms with Gasteiger partial charge in [-0.25, -0.2) is 9.97 Å². The van der Waals surface area contributed by atoms with Crippen molar-refractivity contribution < 1.29 is 0 Å². The fourth-order valence-electron chi connectivity index (χ4n) is 4.87. The summed E-state index contributed by atoms with van der Waals surface area (Å²) in [5, 5.41) is 13.3. The lowest BCUT2D eigenvalue weighted by molar-refractivity contribution is 0.315. The van der Waals surface area contributed by atoms with Gasteiger partial charge in [0.15, 0.2) is 5.65 Å². The Morgan fingerprint density at radius 1 is 1.14 bits per heavy atom. The van der Waals surface area contributed by atoms with Crippen LogP contribution < -0.4 is 4.90 Å². The molecule has 0 bridgehead atoms. The van der Waals surface area contributed by atoms with Crippen molar-refractivity contribution >= 4 is 22.8 Å². The lowest BCUT2D eigenvalue weighted by atomic mass is 9.93. The van der Waals surface area contributed by atoms with Gasteiger partial charge >= 0.3 is 0 Å². The molecule has 0 spiro atoms. The van der Waals surface area contributed by atoms with Crippen LogP contribution in [0.4, 0.5) is 5.82 Å². The smallest absolute Gasteiger partial charge is 0.156 e. The lowest BCUT2D eigenvalue weighted by Crippen LogP contribution is -2.32. The highest BCUT2D eigenvalue weighted by Crippen LogP contribution is 2.41. The van der Waals surface area contributed by atoms with E-state index in [1.54, 1.807) is 11.3 Å². The minimum atomic E-state index is -0.123. The van der Waals surface area contributed by atoms with Crippen LogP contribution in [0.25, 0.3) is 27.5 Å². The van der Waals surface area contributed by atoms with Gasteiger partial charge < -0.3 is 9.80 Å². The van der Waals surface area contributed by atoms with Gasteiger partial charge in [0.2, 0.25) is 0 Å². The second-order valence-corrected chi connectivity index (χ2v) is 11.5. The Hall–Kier alpha value is -3.21. The molecule has 0 saturated carbocycles. The van der Waals surface area contributed by atoms with E-state index >= 15 is 0 Å². The van der Waals surface area contributed by atoms with E-state index in [0.717, 1.165) is 64.1 Å². The Labute approximate surface area is 211 Å². The van der Waals surface area contributed by atoms with E-state index in [9.17, 15) is 5.26 Å². The zero-order valence-electron chi connectivity index (χ0n) is 21.3. The van der Waals surface area contributed by atoms with Crippen molar-refractivity contribution in [2.75, 3.05) is 32.1 Å². The fourth-order valence-corrected chi connectivity index (χ4v) is 5.69. The first-order valence-corrected chi connectivity index (χ1v) is 13.0. The Kier molecular flexibility index (Phi) is 5.90. The highest BCUT2D eigenvalue weighted by atomic mass is 32.1. The third-order valence-corrected chi connectivity index (χ3v) is 7.88. The number of benzene rings is 1.